The maximum atomic E-state index is 12.5. The van der Waals surface area contributed by atoms with E-state index in [1.165, 1.54) is 17.8 Å². The fourth-order valence-corrected chi connectivity index (χ4v) is 4.63. The van der Waals surface area contributed by atoms with Gasteiger partial charge in [-0.1, -0.05) is 18.2 Å². The first-order chi connectivity index (χ1) is 11.0. The minimum absolute atomic E-state index is 0.0531. The highest BCUT2D eigenvalue weighted by Crippen LogP contribution is 2.45. The first-order valence-electron chi connectivity index (χ1n) is 8.15. The zero-order valence-electron chi connectivity index (χ0n) is 13.4. The van der Waals surface area contributed by atoms with Crippen LogP contribution in [0.3, 0.4) is 0 Å². The van der Waals surface area contributed by atoms with Gasteiger partial charge in [0.2, 0.25) is 5.91 Å². The topological polar surface area (TPSA) is 86.3 Å². The summed E-state index contributed by atoms with van der Waals surface area (Å²) in [7, 11) is 0. The summed E-state index contributed by atoms with van der Waals surface area (Å²) < 4.78 is 0. The second-order valence-electron chi connectivity index (χ2n) is 6.67. The summed E-state index contributed by atoms with van der Waals surface area (Å²) in [6.07, 6.45) is 4.60. The van der Waals surface area contributed by atoms with E-state index in [0.717, 1.165) is 38.6 Å². The van der Waals surface area contributed by atoms with Crippen LogP contribution < -0.4 is 5.56 Å². The molecular formula is C16H23N3O3S. The summed E-state index contributed by atoms with van der Waals surface area (Å²) in [4.78, 5) is 32.7. The molecule has 1 aliphatic carbocycles. The van der Waals surface area contributed by atoms with Crippen LogP contribution in [0.5, 0.6) is 0 Å². The Morgan fingerprint density at radius 1 is 1.52 bits per heavy atom. The zero-order chi connectivity index (χ0) is 16.4. The maximum absolute atomic E-state index is 12.5. The highest BCUT2D eigenvalue weighted by molar-refractivity contribution is 7.99. The van der Waals surface area contributed by atoms with Crippen molar-refractivity contribution in [1.29, 1.82) is 0 Å². The molecule has 2 atom stereocenters. The molecule has 1 aromatic heterocycles. The summed E-state index contributed by atoms with van der Waals surface area (Å²) in [6, 6.07) is 1.43. The molecule has 2 N–H and O–H groups in total. The van der Waals surface area contributed by atoms with E-state index >= 15 is 0 Å². The van der Waals surface area contributed by atoms with E-state index in [4.69, 9.17) is 0 Å². The van der Waals surface area contributed by atoms with E-state index < -0.39 is 0 Å². The third-order valence-electron chi connectivity index (χ3n) is 5.00. The molecule has 126 valence electrons. The van der Waals surface area contributed by atoms with E-state index in [1.807, 2.05) is 4.90 Å². The lowest BCUT2D eigenvalue weighted by atomic mass is 9.77. The lowest BCUT2D eigenvalue weighted by molar-refractivity contribution is -0.133. The Morgan fingerprint density at radius 2 is 2.30 bits per heavy atom. The number of aryl methyl sites for hydroxylation is 1. The monoisotopic (exact) mass is 337 g/mol. The Bertz CT molecular complexity index is 648. The number of nitrogens with one attached hydrogen (secondary N) is 1. The van der Waals surface area contributed by atoms with E-state index in [1.54, 1.807) is 6.92 Å². The number of hydrogen-bond donors (Lipinski definition) is 2. The number of H-pyrrole nitrogens is 1. The molecule has 1 saturated heterocycles. The number of aliphatic hydroxyl groups is 1. The van der Waals surface area contributed by atoms with Gasteiger partial charge in [0, 0.05) is 30.3 Å². The van der Waals surface area contributed by atoms with Crippen molar-refractivity contribution in [2.24, 2.45) is 5.41 Å². The van der Waals surface area contributed by atoms with Crippen molar-refractivity contribution in [3.05, 3.63) is 22.1 Å². The van der Waals surface area contributed by atoms with Crippen LogP contribution in [0.1, 0.15) is 37.8 Å². The molecule has 2 heterocycles. The van der Waals surface area contributed by atoms with Crippen LogP contribution in [0.15, 0.2) is 16.0 Å². The minimum atomic E-state index is -0.277. The van der Waals surface area contributed by atoms with Crippen LogP contribution in [0, 0.1) is 12.3 Å². The number of likely N-dealkylation sites (tertiary alicyclic amines) is 1. The summed E-state index contributed by atoms with van der Waals surface area (Å²) >= 11 is 1.26. The van der Waals surface area contributed by atoms with Crippen molar-refractivity contribution in [1.82, 2.24) is 14.9 Å². The number of aromatic nitrogens is 2. The number of carbonyl (C=O) groups is 1. The average Bonchev–Trinajstić information content (AvgIpc) is 2.84. The third-order valence-corrected chi connectivity index (χ3v) is 5.86. The quantitative estimate of drug-likeness (QED) is 0.642. The largest absolute Gasteiger partial charge is 0.392 e. The van der Waals surface area contributed by atoms with Crippen LogP contribution in [-0.2, 0) is 4.79 Å². The molecule has 2 aliphatic rings. The van der Waals surface area contributed by atoms with E-state index in [-0.39, 0.29) is 28.7 Å². The Hall–Kier alpha value is -1.34. The van der Waals surface area contributed by atoms with Crippen LogP contribution >= 0.6 is 11.8 Å². The van der Waals surface area contributed by atoms with Crippen molar-refractivity contribution in [2.75, 3.05) is 18.8 Å². The van der Waals surface area contributed by atoms with E-state index in [9.17, 15) is 14.7 Å². The molecule has 1 aromatic rings. The predicted molar refractivity (Wildman–Crippen MR) is 88.4 cm³/mol. The molecule has 3 rings (SSSR count). The number of aromatic amines is 1. The van der Waals surface area contributed by atoms with Crippen molar-refractivity contribution in [3.63, 3.8) is 0 Å². The van der Waals surface area contributed by atoms with Crippen molar-refractivity contribution >= 4 is 17.7 Å². The fraction of sp³-hybridized carbons (Fsp3) is 0.688. The van der Waals surface area contributed by atoms with Gasteiger partial charge in [-0.3, -0.25) is 9.59 Å². The Balaban J connectivity index is 1.60. The summed E-state index contributed by atoms with van der Waals surface area (Å²) in [5.41, 5.74) is 0.363. The second kappa shape index (κ2) is 6.65. The van der Waals surface area contributed by atoms with Gasteiger partial charge in [-0.05, 0) is 32.6 Å². The number of hydrogen-bond acceptors (Lipinski definition) is 5. The van der Waals surface area contributed by atoms with Gasteiger partial charge >= 0.3 is 0 Å². The molecule has 0 unspecified atom stereocenters. The second-order valence-corrected chi connectivity index (χ2v) is 7.63. The molecule has 23 heavy (non-hydrogen) atoms. The molecule has 1 amide bonds. The molecule has 1 saturated carbocycles. The average molecular weight is 337 g/mol. The van der Waals surface area contributed by atoms with Crippen molar-refractivity contribution < 1.29 is 9.90 Å². The summed E-state index contributed by atoms with van der Waals surface area (Å²) in [6.45, 7) is 3.17. The smallest absolute Gasteiger partial charge is 0.251 e. The molecule has 2 fully saturated rings. The molecule has 0 radical (unpaired) electrons. The number of carbonyl (C=O) groups excluding carboxylic acids is 1. The van der Waals surface area contributed by atoms with Gasteiger partial charge < -0.3 is 15.0 Å². The molecule has 0 bridgehead atoms. The first-order valence-corrected chi connectivity index (χ1v) is 9.14. The van der Waals surface area contributed by atoms with Gasteiger partial charge in [-0.25, -0.2) is 4.98 Å². The third kappa shape index (κ3) is 3.61. The normalized spacial score (nSPS) is 27.6. The highest BCUT2D eigenvalue weighted by atomic mass is 32.2. The summed E-state index contributed by atoms with van der Waals surface area (Å²) in [5.74, 6) is 0.316. The van der Waals surface area contributed by atoms with E-state index in [0.29, 0.717) is 17.4 Å². The van der Waals surface area contributed by atoms with Gasteiger partial charge in [0.15, 0.2) is 5.16 Å². The molecule has 7 heteroatoms. The minimum Gasteiger partial charge on any atom is -0.392 e. The molecule has 1 spiro atoms. The van der Waals surface area contributed by atoms with Gasteiger partial charge in [-0.15, -0.1) is 0 Å². The Morgan fingerprint density at radius 3 is 3.00 bits per heavy atom. The predicted octanol–water partition coefficient (Wildman–Crippen LogP) is 1.32. The van der Waals surface area contributed by atoms with Crippen LogP contribution in [0.4, 0.5) is 0 Å². The van der Waals surface area contributed by atoms with Gasteiger partial charge in [0.1, 0.15) is 0 Å². The van der Waals surface area contributed by atoms with Gasteiger partial charge in [0.25, 0.3) is 5.56 Å². The number of rotatable bonds is 3. The molecule has 6 nitrogen and oxygen atoms in total. The SMILES string of the molecule is Cc1cc(=O)[nH]c(SCC(=O)N2CCC[C@@]3(CCC[C@H]3O)C2)n1. The Kier molecular flexibility index (Phi) is 4.77. The van der Waals surface area contributed by atoms with Crippen molar-refractivity contribution in [2.45, 2.75) is 50.3 Å². The first kappa shape index (κ1) is 16.5. The summed E-state index contributed by atoms with van der Waals surface area (Å²) in [5, 5.41) is 10.8. The van der Waals surface area contributed by atoms with Crippen LogP contribution in [0.25, 0.3) is 0 Å². The van der Waals surface area contributed by atoms with Crippen LogP contribution in [0.2, 0.25) is 0 Å². The fourth-order valence-electron chi connectivity index (χ4n) is 3.81. The maximum Gasteiger partial charge on any atom is 0.251 e. The number of aliphatic hydroxyl groups excluding tert-OH is 1. The van der Waals surface area contributed by atoms with Crippen molar-refractivity contribution in [3.8, 4) is 0 Å². The van der Waals surface area contributed by atoms with Gasteiger partial charge in [0.05, 0.1) is 11.9 Å². The van der Waals surface area contributed by atoms with E-state index in [2.05, 4.69) is 9.97 Å². The lowest BCUT2D eigenvalue weighted by Crippen LogP contribution is -2.49. The zero-order valence-corrected chi connectivity index (χ0v) is 14.2. The number of thioether (sulfide) groups is 1. The standard InChI is InChI=1S/C16H23N3O3S/c1-11-8-13(21)18-15(17-11)23-9-14(22)19-7-3-6-16(10-19)5-2-4-12(16)20/h8,12,20H,2-7,9-10H2,1H3,(H,17,18,21)/t12-,16+/m1/s1. The molecule has 1 aliphatic heterocycles. The number of amides is 1. The van der Waals surface area contributed by atoms with Gasteiger partial charge in [-0.2, -0.15) is 0 Å². The number of piperidine rings is 1. The number of nitrogens with zero attached hydrogens (tertiary/aromatic N) is 2. The molecule has 0 aromatic carbocycles. The lowest BCUT2D eigenvalue weighted by Gasteiger charge is -2.42. The van der Waals surface area contributed by atoms with Crippen LogP contribution in [-0.4, -0.2) is 50.8 Å². The Labute approximate surface area is 139 Å². The highest BCUT2D eigenvalue weighted by Gasteiger charge is 2.45. The molecular weight excluding hydrogens is 314 g/mol.